The molecule has 0 spiro atoms. The number of nitrogens with one attached hydrogen (secondary N) is 1. The molecule has 0 radical (unpaired) electrons. The number of ether oxygens (including phenoxy) is 1. The Morgan fingerprint density at radius 3 is 2.17 bits per heavy atom. The summed E-state index contributed by atoms with van der Waals surface area (Å²) >= 11 is 0. The van der Waals surface area contributed by atoms with Gasteiger partial charge in [-0.1, -0.05) is 66.7 Å². The van der Waals surface area contributed by atoms with Gasteiger partial charge in [-0.2, -0.15) is 0 Å². The van der Waals surface area contributed by atoms with Crippen molar-refractivity contribution < 1.29 is 42.5 Å². The molecule has 4 aromatic carbocycles. The molecule has 4 rings (SSSR count). The molecule has 4 aromatic rings. The minimum atomic E-state index is -1.40. The Morgan fingerprint density at radius 1 is 0.829 bits per heavy atom. The summed E-state index contributed by atoms with van der Waals surface area (Å²) in [5.41, 5.74) is 5.16. The Labute approximate surface area is 255 Å². The maximum absolute atomic E-state index is 13.3. The van der Waals surface area contributed by atoms with Gasteiger partial charge in [0.05, 0.1) is 12.0 Å². The van der Waals surface area contributed by atoms with E-state index in [1.807, 2.05) is 91.9 Å². The van der Waals surface area contributed by atoms with Crippen LogP contribution < -0.4 is 34.0 Å². The molecule has 1 unspecified atom stereocenters. The van der Waals surface area contributed by atoms with Crippen molar-refractivity contribution in [3.05, 3.63) is 119 Å². The molecular weight excluding hydrogens is 529 g/mol. The predicted molar refractivity (Wildman–Crippen MR) is 157 cm³/mol. The Morgan fingerprint density at radius 2 is 1.49 bits per heavy atom. The van der Waals surface area contributed by atoms with E-state index in [9.17, 15) is 18.9 Å². The van der Waals surface area contributed by atoms with Crippen LogP contribution in [0.25, 0.3) is 11.1 Å². The van der Waals surface area contributed by atoms with Gasteiger partial charge in [0.15, 0.2) is 0 Å². The summed E-state index contributed by atoms with van der Waals surface area (Å²) < 4.78 is 17.5. The molecule has 0 bridgehead atoms. The van der Waals surface area contributed by atoms with Gasteiger partial charge in [-0.25, -0.2) is 0 Å². The minimum Gasteiger partial charge on any atom is -0.548 e. The largest absolute Gasteiger partial charge is 1.00 e. The normalized spacial score (nSPS) is 12.0. The molecule has 0 heterocycles. The fourth-order valence-electron chi connectivity index (χ4n) is 4.49. The molecule has 41 heavy (non-hydrogen) atoms. The molecule has 206 valence electrons. The van der Waals surface area contributed by atoms with Crippen LogP contribution in [0.1, 0.15) is 33.5 Å². The molecule has 0 aliphatic heterocycles. The van der Waals surface area contributed by atoms with Crippen LogP contribution >= 0.6 is 0 Å². The molecule has 0 aliphatic carbocycles. The van der Waals surface area contributed by atoms with E-state index in [2.05, 4.69) is 11.4 Å². The number of aryl methyl sites for hydroxylation is 3. The van der Waals surface area contributed by atoms with Crippen molar-refractivity contribution in [2.45, 2.75) is 32.2 Å². The number of rotatable bonds is 12. The van der Waals surface area contributed by atoms with Crippen molar-refractivity contribution in [3.8, 4) is 22.6 Å². The van der Waals surface area contributed by atoms with Gasteiger partial charge in [0.2, 0.25) is 0 Å². The third-order valence-corrected chi connectivity index (χ3v) is 7.44. The first-order valence-corrected chi connectivity index (χ1v) is 14.9. The number of carbonyl (C=O) groups is 2. The van der Waals surface area contributed by atoms with Crippen molar-refractivity contribution in [1.82, 2.24) is 5.32 Å². The van der Waals surface area contributed by atoms with E-state index in [4.69, 9.17) is 4.74 Å². The second-order valence-electron chi connectivity index (χ2n) is 9.67. The van der Waals surface area contributed by atoms with Crippen LogP contribution in [0.3, 0.4) is 0 Å². The van der Waals surface area contributed by atoms with Crippen LogP contribution in [-0.2, 0) is 28.4 Å². The van der Waals surface area contributed by atoms with Crippen molar-refractivity contribution >= 4 is 22.7 Å². The second-order valence-corrected chi connectivity index (χ2v) is 11.2. The Bertz CT molecular complexity index is 1510. The first kappa shape index (κ1) is 31.9. The number of amides is 1. The number of carbonyl (C=O) groups excluding carboxylic acids is 2. The second kappa shape index (κ2) is 15.4. The van der Waals surface area contributed by atoms with E-state index >= 15 is 0 Å². The Balaban J connectivity index is 0.00000462. The molecule has 8 heteroatoms. The van der Waals surface area contributed by atoms with E-state index in [-0.39, 0.29) is 31.0 Å². The zero-order valence-electron chi connectivity index (χ0n) is 23.6. The third kappa shape index (κ3) is 9.19. The van der Waals surface area contributed by atoms with Crippen molar-refractivity contribution in [2.75, 3.05) is 12.0 Å². The smallest absolute Gasteiger partial charge is 0.548 e. The van der Waals surface area contributed by atoms with Gasteiger partial charge in [-0.05, 0) is 84.3 Å². The number of hydrogen-bond donors (Lipinski definition) is 1. The van der Waals surface area contributed by atoms with E-state index in [1.165, 1.54) is 6.26 Å². The summed E-state index contributed by atoms with van der Waals surface area (Å²) in [5, 5.41) is 14.2. The van der Waals surface area contributed by atoms with E-state index in [1.54, 1.807) is 6.07 Å². The van der Waals surface area contributed by atoms with Crippen LogP contribution in [0, 0.1) is 6.92 Å². The first-order chi connectivity index (χ1) is 19.3. The quantitative estimate of drug-likeness (QED) is 0.267. The molecule has 0 saturated carbocycles. The number of para-hydroxylation sites is 1. The maximum Gasteiger partial charge on any atom is 1.00 e. The minimum absolute atomic E-state index is 0. The summed E-state index contributed by atoms with van der Waals surface area (Å²) in [4.78, 5) is 25.0. The van der Waals surface area contributed by atoms with Gasteiger partial charge in [0.1, 0.15) is 11.5 Å². The van der Waals surface area contributed by atoms with Gasteiger partial charge < -0.3 is 20.0 Å². The van der Waals surface area contributed by atoms with Crippen molar-refractivity contribution in [3.63, 3.8) is 0 Å². The molecule has 0 fully saturated rings. The zero-order chi connectivity index (χ0) is 28.5. The van der Waals surface area contributed by atoms with Crippen LogP contribution in [0.4, 0.5) is 0 Å². The molecule has 1 N–H and O–H groups in total. The number of carboxylic acids is 1. The number of benzene rings is 4. The van der Waals surface area contributed by atoms with Crippen molar-refractivity contribution in [1.29, 1.82) is 0 Å². The summed E-state index contributed by atoms with van der Waals surface area (Å²) in [5.74, 6) is -0.205. The first-order valence-electron chi connectivity index (χ1n) is 13.1. The zero-order valence-corrected chi connectivity index (χ0v) is 24.4. The molecule has 0 saturated heterocycles. The molecule has 6 nitrogen and oxygen atoms in total. The molecule has 2 atom stereocenters. The van der Waals surface area contributed by atoms with Crippen LogP contribution in [0.2, 0.25) is 0 Å². The molecule has 0 aliphatic rings. The van der Waals surface area contributed by atoms with Gasteiger partial charge in [0, 0.05) is 28.4 Å². The average molecular weight is 562 g/mol. The Hall–Kier alpha value is -3.63. The SMILES string of the molecule is Cc1ccccc1-c1cc(CCc2cccc(Oc3ccccc3)c2)ccc1C(=O)N[C@@H](CCS(C)=O)C(=O)[O-].[Li+]. The molecule has 1 amide bonds. The molecule has 0 aromatic heterocycles. The van der Waals surface area contributed by atoms with Gasteiger partial charge in [-0.15, -0.1) is 0 Å². The number of aliphatic carboxylic acids is 1. The van der Waals surface area contributed by atoms with Crippen LogP contribution in [0.5, 0.6) is 11.5 Å². The summed E-state index contributed by atoms with van der Waals surface area (Å²) in [6, 6.07) is 29.8. The van der Waals surface area contributed by atoms with Crippen molar-refractivity contribution in [2.24, 2.45) is 0 Å². The summed E-state index contributed by atoms with van der Waals surface area (Å²) in [6.07, 6.45) is 3.03. The van der Waals surface area contributed by atoms with Gasteiger partial charge in [0.25, 0.3) is 5.91 Å². The fraction of sp³-hybridized carbons (Fsp3) is 0.212. The number of hydrogen-bond acceptors (Lipinski definition) is 5. The fourth-order valence-corrected chi connectivity index (χ4v) is 5.06. The van der Waals surface area contributed by atoms with E-state index < -0.39 is 28.7 Å². The van der Waals surface area contributed by atoms with Gasteiger partial charge in [-0.3, -0.25) is 9.00 Å². The summed E-state index contributed by atoms with van der Waals surface area (Å²) in [6.45, 7) is 1.97. The molecular formula is C33H32LiNO5S. The van der Waals surface area contributed by atoms with Gasteiger partial charge >= 0.3 is 18.9 Å². The topological polar surface area (TPSA) is 95.5 Å². The standard InChI is InChI=1S/C33H33NO5S.Li/c1-23-9-6-7-14-28(23)30-22-25(17-18-29(30)32(35)34-31(33(36)37)19-20-40(2)38)16-15-24-10-8-13-27(21-24)39-26-11-4-3-5-12-26;/h3-14,17-18,21-22,31H,15-16,19-20H2,1-2H3,(H,34,35)(H,36,37);/q;+1/p-1/t31-,40?;/m0./s1. The maximum atomic E-state index is 13.3. The monoisotopic (exact) mass is 561 g/mol. The van der Waals surface area contributed by atoms with E-state index in [0.29, 0.717) is 5.56 Å². The van der Waals surface area contributed by atoms with Crippen LogP contribution in [0.15, 0.2) is 97.1 Å². The third-order valence-electron chi connectivity index (χ3n) is 6.63. The Kier molecular flexibility index (Phi) is 12.0. The predicted octanol–water partition coefficient (Wildman–Crippen LogP) is 1.86. The number of carboxylic acid groups (broad SMARTS) is 1. The average Bonchev–Trinajstić information content (AvgIpc) is 2.94. The summed E-state index contributed by atoms with van der Waals surface area (Å²) in [7, 11) is -1.18. The van der Waals surface area contributed by atoms with E-state index in [0.717, 1.165) is 52.2 Å². The van der Waals surface area contributed by atoms with Crippen LogP contribution in [-0.4, -0.2) is 34.1 Å².